The number of thiophene rings is 1. The quantitative estimate of drug-likeness (QED) is 0.188. The largest absolute Gasteiger partial charge is 0.416 e. The predicted octanol–water partition coefficient (Wildman–Crippen LogP) is 6.21. The first-order valence-electron chi connectivity index (χ1n) is 11.1. The SMILES string of the molecule is O=C(CSc1nc2sc3c(c2c(=O)n1-c1cccc(C(F)(F)F)c1)CCCC3)Nc1ccc(F)cc1. The molecule has 2 aromatic carbocycles. The maximum atomic E-state index is 13.7. The summed E-state index contributed by atoms with van der Waals surface area (Å²) in [6.45, 7) is 0. The summed E-state index contributed by atoms with van der Waals surface area (Å²) in [6.07, 6.45) is -1.08. The smallest absolute Gasteiger partial charge is 0.325 e. The standard InChI is InChI=1S/C25H19F4N3O2S2/c26-15-8-10-16(11-9-15)30-20(33)13-35-24-31-22-21(18-6-1-2-7-19(18)36-22)23(34)32(24)17-5-3-4-14(12-17)25(27,28)29/h3-5,8-12H,1-2,6-7,13H2,(H,30,33). The van der Waals surface area contributed by atoms with Crippen molar-refractivity contribution < 1.29 is 22.4 Å². The average molecular weight is 534 g/mol. The first kappa shape index (κ1) is 24.5. The molecule has 1 N–H and O–H groups in total. The second kappa shape index (κ2) is 9.70. The van der Waals surface area contributed by atoms with Gasteiger partial charge in [-0.25, -0.2) is 9.37 Å². The van der Waals surface area contributed by atoms with Crippen LogP contribution < -0.4 is 10.9 Å². The van der Waals surface area contributed by atoms with Gasteiger partial charge in [-0.3, -0.25) is 14.2 Å². The van der Waals surface area contributed by atoms with Gasteiger partial charge < -0.3 is 5.32 Å². The van der Waals surface area contributed by atoms with Crippen molar-refractivity contribution in [3.63, 3.8) is 0 Å². The van der Waals surface area contributed by atoms with Crippen LogP contribution >= 0.6 is 23.1 Å². The Morgan fingerprint density at radius 2 is 1.86 bits per heavy atom. The molecule has 2 heterocycles. The molecule has 0 bridgehead atoms. The van der Waals surface area contributed by atoms with Gasteiger partial charge in [-0.15, -0.1) is 11.3 Å². The van der Waals surface area contributed by atoms with Gasteiger partial charge in [0.25, 0.3) is 5.56 Å². The second-order valence-electron chi connectivity index (χ2n) is 8.32. The number of hydrogen-bond acceptors (Lipinski definition) is 5. The fraction of sp³-hybridized carbons (Fsp3) is 0.240. The highest BCUT2D eigenvalue weighted by Gasteiger charge is 2.31. The molecule has 0 fully saturated rings. The Balaban J connectivity index is 1.55. The van der Waals surface area contributed by atoms with Crippen molar-refractivity contribution in [1.82, 2.24) is 9.55 Å². The van der Waals surface area contributed by atoms with Crippen LogP contribution in [0.25, 0.3) is 15.9 Å². The molecule has 1 aliphatic rings. The highest BCUT2D eigenvalue weighted by molar-refractivity contribution is 7.99. The Labute approximate surface area is 211 Å². The second-order valence-corrected chi connectivity index (χ2v) is 10.3. The predicted molar refractivity (Wildman–Crippen MR) is 133 cm³/mol. The molecule has 0 unspecified atom stereocenters. The lowest BCUT2D eigenvalue weighted by Gasteiger charge is -2.15. The number of thioether (sulfide) groups is 1. The zero-order chi connectivity index (χ0) is 25.4. The molecule has 1 amide bonds. The monoisotopic (exact) mass is 533 g/mol. The molecule has 0 saturated carbocycles. The van der Waals surface area contributed by atoms with Gasteiger partial charge in [0.1, 0.15) is 10.6 Å². The summed E-state index contributed by atoms with van der Waals surface area (Å²) >= 11 is 2.38. The van der Waals surface area contributed by atoms with Gasteiger partial charge in [-0.05, 0) is 73.7 Å². The number of alkyl halides is 3. The summed E-state index contributed by atoms with van der Waals surface area (Å²) < 4.78 is 54.5. The van der Waals surface area contributed by atoms with Crippen molar-refractivity contribution in [2.75, 3.05) is 11.1 Å². The number of benzene rings is 2. The van der Waals surface area contributed by atoms with Crippen molar-refractivity contribution in [2.45, 2.75) is 37.0 Å². The molecule has 5 nitrogen and oxygen atoms in total. The van der Waals surface area contributed by atoms with E-state index >= 15 is 0 Å². The lowest BCUT2D eigenvalue weighted by Crippen LogP contribution is -2.23. The third-order valence-corrected chi connectivity index (χ3v) is 7.97. The highest BCUT2D eigenvalue weighted by atomic mass is 32.2. The van der Waals surface area contributed by atoms with Gasteiger partial charge in [-0.1, -0.05) is 17.8 Å². The fourth-order valence-electron chi connectivity index (χ4n) is 4.19. The van der Waals surface area contributed by atoms with E-state index in [4.69, 9.17) is 0 Å². The van der Waals surface area contributed by atoms with Crippen LogP contribution in [0.1, 0.15) is 28.8 Å². The number of nitrogens with zero attached hydrogens (tertiary/aromatic N) is 2. The molecule has 0 aliphatic heterocycles. The Morgan fingerprint density at radius 3 is 2.61 bits per heavy atom. The number of amides is 1. The first-order chi connectivity index (χ1) is 17.2. The van der Waals surface area contributed by atoms with Gasteiger partial charge in [0.15, 0.2) is 5.16 Å². The molecule has 186 valence electrons. The number of aryl methyl sites for hydroxylation is 2. The van der Waals surface area contributed by atoms with Gasteiger partial charge >= 0.3 is 6.18 Å². The van der Waals surface area contributed by atoms with E-state index in [9.17, 15) is 27.2 Å². The number of carbonyl (C=O) groups excluding carboxylic acids is 1. The van der Waals surface area contributed by atoms with Crippen LogP contribution in [-0.2, 0) is 23.8 Å². The van der Waals surface area contributed by atoms with E-state index in [0.717, 1.165) is 64.6 Å². The molecule has 11 heteroatoms. The first-order valence-corrected chi connectivity index (χ1v) is 12.9. The molecule has 5 rings (SSSR count). The van der Waals surface area contributed by atoms with Crippen molar-refractivity contribution in [1.29, 1.82) is 0 Å². The average Bonchev–Trinajstić information content (AvgIpc) is 3.22. The fourth-order valence-corrected chi connectivity index (χ4v) is 6.31. The van der Waals surface area contributed by atoms with Crippen LogP contribution in [0, 0.1) is 5.82 Å². The summed E-state index contributed by atoms with van der Waals surface area (Å²) in [6, 6.07) is 9.77. The molecular weight excluding hydrogens is 514 g/mol. The van der Waals surface area contributed by atoms with Crippen LogP contribution in [-0.4, -0.2) is 21.2 Å². The van der Waals surface area contributed by atoms with E-state index in [0.29, 0.717) is 15.9 Å². The highest BCUT2D eigenvalue weighted by Crippen LogP contribution is 2.36. The van der Waals surface area contributed by atoms with Crippen LogP contribution in [0.4, 0.5) is 23.2 Å². The summed E-state index contributed by atoms with van der Waals surface area (Å²) in [7, 11) is 0. The maximum Gasteiger partial charge on any atom is 0.416 e. The lowest BCUT2D eigenvalue weighted by molar-refractivity contribution is -0.137. The van der Waals surface area contributed by atoms with E-state index in [1.165, 1.54) is 47.7 Å². The van der Waals surface area contributed by atoms with Crippen molar-refractivity contribution in [3.05, 3.63) is 80.7 Å². The number of halogens is 4. The molecule has 0 atom stereocenters. The molecule has 0 saturated heterocycles. The summed E-state index contributed by atoms with van der Waals surface area (Å²) in [5, 5.41) is 3.19. The van der Waals surface area contributed by atoms with Crippen molar-refractivity contribution >= 4 is 44.9 Å². The van der Waals surface area contributed by atoms with Gasteiger partial charge in [0.2, 0.25) is 5.91 Å². The lowest BCUT2D eigenvalue weighted by atomic mass is 9.97. The minimum absolute atomic E-state index is 0.0291. The number of fused-ring (bicyclic) bond motifs is 3. The van der Waals surface area contributed by atoms with Crippen LogP contribution in [0.2, 0.25) is 0 Å². The van der Waals surface area contributed by atoms with Gasteiger partial charge in [0, 0.05) is 10.6 Å². The van der Waals surface area contributed by atoms with Crippen LogP contribution in [0.5, 0.6) is 0 Å². The Hall–Kier alpha value is -3.18. The third kappa shape index (κ3) is 4.90. The number of aromatic nitrogens is 2. The van der Waals surface area contributed by atoms with Crippen LogP contribution in [0.15, 0.2) is 58.5 Å². The normalized spacial score (nSPS) is 13.6. The number of carbonyl (C=O) groups is 1. The minimum Gasteiger partial charge on any atom is -0.325 e. The number of nitrogens with one attached hydrogen (secondary N) is 1. The Kier molecular flexibility index (Phi) is 6.60. The Morgan fingerprint density at radius 1 is 1.11 bits per heavy atom. The van der Waals surface area contributed by atoms with E-state index in [1.807, 2.05) is 0 Å². The molecule has 36 heavy (non-hydrogen) atoms. The van der Waals surface area contributed by atoms with Gasteiger partial charge in [-0.2, -0.15) is 13.2 Å². The molecule has 0 radical (unpaired) electrons. The summed E-state index contributed by atoms with van der Waals surface area (Å²) in [4.78, 5) is 32.5. The van der Waals surface area contributed by atoms with E-state index < -0.39 is 29.0 Å². The van der Waals surface area contributed by atoms with E-state index in [-0.39, 0.29) is 16.6 Å². The number of rotatable bonds is 5. The summed E-state index contributed by atoms with van der Waals surface area (Å²) in [5.41, 5.74) is 0.0163. The summed E-state index contributed by atoms with van der Waals surface area (Å²) in [5.74, 6) is -1.02. The van der Waals surface area contributed by atoms with E-state index in [2.05, 4.69) is 10.3 Å². The molecular formula is C25H19F4N3O2S2. The third-order valence-electron chi connectivity index (χ3n) is 5.85. The minimum atomic E-state index is -4.58. The molecule has 2 aromatic heterocycles. The van der Waals surface area contributed by atoms with Crippen LogP contribution in [0.3, 0.4) is 0 Å². The molecule has 1 aliphatic carbocycles. The van der Waals surface area contributed by atoms with Crippen molar-refractivity contribution in [3.8, 4) is 5.69 Å². The van der Waals surface area contributed by atoms with Gasteiger partial charge in [0.05, 0.1) is 22.4 Å². The topological polar surface area (TPSA) is 64.0 Å². The zero-order valence-corrected chi connectivity index (χ0v) is 20.3. The van der Waals surface area contributed by atoms with E-state index in [1.54, 1.807) is 0 Å². The Bertz CT molecular complexity index is 1510. The van der Waals surface area contributed by atoms with Crippen molar-refractivity contribution in [2.24, 2.45) is 0 Å². The maximum absolute atomic E-state index is 13.7. The molecule has 4 aromatic rings. The number of hydrogen-bond donors (Lipinski definition) is 1. The number of anilines is 1. The zero-order valence-electron chi connectivity index (χ0n) is 18.7. The molecule has 0 spiro atoms.